The van der Waals surface area contributed by atoms with E-state index in [1.165, 1.54) is 0 Å². The Morgan fingerprint density at radius 3 is 2.69 bits per heavy atom. The summed E-state index contributed by atoms with van der Waals surface area (Å²) >= 11 is 0. The number of nitrogens with one attached hydrogen (secondary N) is 1. The Bertz CT molecular complexity index is 456. The van der Waals surface area contributed by atoms with Crippen molar-refractivity contribution in [2.24, 2.45) is 0 Å². The van der Waals surface area contributed by atoms with E-state index >= 15 is 0 Å². The highest BCUT2D eigenvalue weighted by Gasteiger charge is 2.45. The normalized spacial score (nSPS) is 23.1. The molecule has 16 heavy (non-hydrogen) atoms. The van der Waals surface area contributed by atoms with E-state index < -0.39 is 11.5 Å². The molecule has 1 heterocycles. The summed E-state index contributed by atoms with van der Waals surface area (Å²) in [6, 6.07) is 3.74. The number of hydrogen-bond acceptors (Lipinski definition) is 3. The Labute approximate surface area is 93.9 Å². The van der Waals surface area contributed by atoms with Gasteiger partial charge in [0.25, 0.3) is 5.91 Å². The second-order valence-electron chi connectivity index (χ2n) is 4.29. The highest BCUT2D eigenvalue weighted by atomic mass is 16.3. The molecule has 1 aromatic rings. The minimum atomic E-state index is -1.58. The molecule has 4 nitrogen and oxygen atoms in total. The van der Waals surface area contributed by atoms with Crippen molar-refractivity contribution in [1.82, 2.24) is 0 Å². The quantitative estimate of drug-likeness (QED) is 0.692. The first kappa shape index (κ1) is 11.1. The fraction of sp³-hybridized carbons (Fsp3) is 0.417. The molecule has 0 bridgehead atoms. The molecule has 1 aliphatic heterocycles. The Morgan fingerprint density at radius 1 is 1.38 bits per heavy atom. The minimum absolute atomic E-state index is 0.0225. The van der Waals surface area contributed by atoms with E-state index in [-0.39, 0.29) is 13.0 Å². The van der Waals surface area contributed by atoms with Crippen LogP contribution in [0, 0.1) is 13.8 Å². The standard InChI is InChI=1S/C12H15NO3/c1-7-5-8(2)10-9(6-7)12(16,3-4-14)11(15)13-10/h5-6,14,16H,3-4H2,1-2H3,(H,13,15)/t12-/m0/s1. The monoisotopic (exact) mass is 221 g/mol. The summed E-state index contributed by atoms with van der Waals surface area (Å²) in [5.41, 5.74) is 1.58. The topological polar surface area (TPSA) is 69.6 Å². The molecule has 0 radical (unpaired) electrons. The lowest BCUT2D eigenvalue weighted by Crippen LogP contribution is -2.35. The van der Waals surface area contributed by atoms with E-state index in [0.29, 0.717) is 11.3 Å². The Kier molecular flexibility index (Phi) is 2.48. The maximum Gasteiger partial charge on any atom is 0.261 e. The van der Waals surface area contributed by atoms with Crippen LogP contribution in [0.15, 0.2) is 12.1 Å². The van der Waals surface area contributed by atoms with Gasteiger partial charge in [-0.3, -0.25) is 4.79 Å². The second kappa shape index (κ2) is 3.57. The van der Waals surface area contributed by atoms with Crippen LogP contribution in [0.3, 0.4) is 0 Å². The number of carbonyl (C=O) groups is 1. The van der Waals surface area contributed by atoms with Crippen molar-refractivity contribution in [2.75, 3.05) is 11.9 Å². The van der Waals surface area contributed by atoms with Crippen molar-refractivity contribution < 1.29 is 15.0 Å². The Balaban J connectivity index is 2.60. The maximum atomic E-state index is 11.7. The van der Waals surface area contributed by atoms with Crippen molar-refractivity contribution in [3.8, 4) is 0 Å². The first-order valence-electron chi connectivity index (χ1n) is 5.25. The average molecular weight is 221 g/mol. The summed E-state index contributed by atoms with van der Waals surface area (Å²) in [6.45, 7) is 3.57. The zero-order valence-corrected chi connectivity index (χ0v) is 9.37. The molecule has 0 spiro atoms. The lowest BCUT2D eigenvalue weighted by molar-refractivity contribution is -0.135. The summed E-state index contributed by atoms with van der Waals surface area (Å²) < 4.78 is 0. The predicted molar refractivity (Wildman–Crippen MR) is 60.1 cm³/mol. The number of aryl methyl sites for hydroxylation is 2. The van der Waals surface area contributed by atoms with E-state index in [1.807, 2.05) is 19.9 Å². The van der Waals surface area contributed by atoms with E-state index in [1.54, 1.807) is 6.07 Å². The number of rotatable bonds is 2. The molecule has 1 aliphatic rings. The number of benzene rings is 1. The van der Waals surface area contributed by atoms with Crippen LogP contribution < -0.4 is 5.32 Å². The number of anilines is 1. The van der Waals surface area contributed by atoms with Crippen LogP contribution in [0.4, 0.5) is 5.69 Å². The summed E-state index contributed by atoms with van der Waals surface area (Å²) in [4.78, 5) is 11.7. The molecule has 0 saturated heterocycles. The van der Waals surface area contributed by atoms with Crippen molar-refractivity contribution in [1.29, 1.82) is 0 Å². The highest BCUT2D eigenvalue weighted by Crippen LogP contribution is 2.40. The van der Waals surface area contributed by atoms with Crippen LogP contribution in [0.2, 0.25) is 0 Å². The van der Waals surface area contributed by atoms with Gasteiger partial charge in [-0.15, -0.1) is 0 Å². The van der Waals surface area contributed by atoms with Gasteiger partial charge < -0.3 is 15.5 Å². The number of aliphatic hydroxyl groups excluding tert-OH is 1. The molecule has 4 heteroatoms. The fourth-order valence-electron chi connectivity index (χ4n) is 2.21. The van der Waals surface area contributed by atoms with E-state index in [4.69, 9.17) is 5.11 Å². The number of aliphatic hydroxyl groups is 2. The van der Waals surface area contributed by atoms with Gasteiger partial charge in [-0.05, 0) is 19.4 Å². The summed E-state index contributed by atoms with van der Waals surface area (Å²) in [5, 5.41) is 21.9. The van der Waals surface area contributed by atoms with Gasteiger partial charge in [0.2, 0.25) is 0 Å². The highest BCUT2D eigenvalue weighted by molar-refractivity contribution is 6.05. The number of fused-ring (bicyclic) bond motifs is 1. The van der Waals surface area contributed by atoms with Crippen LogP contribution in [0.1, 0.15) is 23.1 Å². The van der Waals surface area contributed by atoms with Crippen LogP contribution in [0.25, 0.3) is 0 Å². The van der Waals surface area contributed by atoms with Crippen LogP contribution in [-0.2, 0) is 10.4 Å². The molecule has 1 aromatic carbocycles. The van der Waals surface area contributed by atoms with Gasteiger partial charge in [-0.2, -0.15) is 0 Å². The average Bonchev–Trinajstić information content (AvgIpc) is 2.43. The zero-order chi connectivity index (χ0) is 11.9. The molecule has 1 atom stereocenters. The molecule has 3 N–H and O–H groups in total. The molecule has 86 valence electrons. The third-order valence-corrected chi connectivity index (χ3v) is 3.01. The number of hydrogen-bond donors (Lipinski definition) is 3. The molecule has 0 aromatic heterocycles. The summed E-state index contributed by atoms with van der Waals surface area (Å²) in [5.74, 6) is -0.453. The molecular weight excluding hydrogens is 206 g/mol. The van der Waals surface area contributed by atoms with Gasteiger partial charge in [0.05, 0.1) is 5.69 Å². The lowest BCUT2D eigenvalue weighted by atomic mass is 9.90. The SMILES string of the molecule is Cc1cc(C)c2c(c1)[C@@](O)(CCO)C(=O)N2. The molecule has 0 fully saturated rings. The largest absolute Gasteiger partial charge is 0.396 e. The van der Waals surface area contributed by atoms with Crippen molar-refractivity contribution >= 4 is 11.6 Å². The molecular formula is C12H15NO3. The first-order valence-corrected chi connectivity index (χ1v) is 5.25. The Morgan fingerprint density at radius 2 is 2.06 bits per heavy atom. The summed E-state index contributed by atoms with van der Waals surface area (Å²) in [6.07, 6.45) is 0.0225. The molecule has 0 saturated carbocycles. The van der Waals surface area contributed by atoms with E-state index in [0.717, 1.165) is 11.1 Å². The van der Waals surface area contributed by atoms with Gasteiger partial charge in [0.15, 0.2) is 5.60 Å². The summed E-state index contributed by atoms with van der Waals surface area (Å²) in [7, 11) is 0. The third kappa shape index (κ3) is 1.42. The maximum absolute atomic E-state index is 11.7. The fourth-order valence-corrected chi connectivity index (χ4v) is 2.21. The predicted octanol–water partition coefficient (Wildman–Crippen LogP) is 0.826. The van der Waals surface area contributed by atoms with Gasteiger partial charge in [0, 0.05) is 18.6 Å². The second-order valence-corrected chi connectivity index (χ2v) is 4.29. The van der Waals surface area contributed by atoms with Gasteiger partial charge in [-0.25, -0.2) is 0 Å². The van der Waals surface area contributed by atoms with E-state index in [9.17, 15) is 9.90 Å². The Hall–Kier alpha value is -1.39. The van der Waals surface area contributed by atoms with E-state index in [2.05, 4.69) is 5.32 Å². The molecule has 2 rings (SSSR count). The van der Waals surface area contributed by atoms with Crippen LogP contribution in [0.5, 0.6) is 0 Å². The molecule has 0 unspecified atom stereocenters. The smallest absolute Gasteiger partial charge is 0.261 e. The van der Waals surface area contributed by atoms with Crippen molar-refractivity contribution in [2.45, 2.75) is 25.9 Å². The minimum Gasteiger partial charge on any atom is -0.396 e. The zero-order valence-electron chi connectivity index (χ0n) is 9.37. The van der Waals surface area contributed by atoms with Gasteiger partial charge in [0.1, 0.15) is 0 Å². The third-order valence-electron chi connectivity index (χ3n) is 3.01. The van der Waals surface area contributed by atoms with Crippen molar-refractivity contribution in [3.05, 3.63) is 28.8 Å². The first-order chi connectivity index (χ1) is 7.49. The van der Waals surface area contributed by atoms with Gasteiger partial charge >= 0.3 is 0 Å². The number of carbonyl (C=O) groups excluding carboxylic acids is 1. The molecule has 0 aliphatic carbocycles. The molecule has 1 amide bonds. The van der Waals surface area contributed by atoms with Gasteiger partial charge in [-0.1, -0.05) is 17.7 Å². The number of amides is 1. The van der Waals surface area contributed by atoms with Crippen LogP contribution in [-0.4, -0.2) is 22.7 Å². The lowest BCUT2D eigenvalue weighted by Gasteiger charge is -2.19. The van der Waals surface area contributed by atoms with Crippen LogP contribution >= 0.6 is 0 Å². The van der Waals surface area contributed by atoms with Crippen molar-refractivity contribution in [3.63, 3.8) is 0 Å².